The van der Waals surface area contributed by atoms with Crippen molar-refractivity contribution in [1.29, 1.82) is 0 Å². The van der Waals surface area contributed by atoms with Crippen molar-refractivity contribution < 1.29 is 23.8 Å². The maximum Gasteiger partial charge on any atom is 0.509 e. The minimum Gasteiger partial charge on any atom is -0.430 e. The highest BCUT2D eigenvalue weighted by Gasteiger charge is 2.29. The first kappa shape index (κ1) is 10.3. The fourth-order valence-corrected chi connectivity index (χ4v) is 0.758. The summed E-state index contributed by atoms with van der Waals surface area (Å²) in [6.07, 6.45) is -1.51. The Labute approximate surface area is 80.9 Å². The highest BCUT2D eigenvalue weighted by atomic mass is 16.8. The molecule has 1 aliphatic rings. The van der Waals surface area contributed by atoms with Crippen LogP contribution in [0.5, 0.6) is 0 Å². The number of carbonyl (C=O) groups is 2. The third kappa shape index (κ3) is 2.35. The van der Waals surface area contributed by atoms with E-state index in [1.165, 1.54) is 6.92 Å². The molecule has 0 aromatic carbocycles. The lowest BCUT2D eigenvalue weighted by molar-refractivity contribution is -0.136. The van der Waals surface area contributed by atoms with Gasteiger partial charge in [0.05, 0.1) is 0 Å². The van der Waals surface area contributed by atoms with Gasteiger partial charge in [-0.3, -0.25) is 0 Å². The van der Waals surface area contributed by atoms with E-state index >= 15 is 0 Å². The van der Waals surface area contributed by atoms with Crippen LogP contribution in [0.25, 0.3) is 0 Å². The van der Waals surface area contributed by atoms with Gasteiger partial charge in [-0.1, -0.05) is 13.2 Å². The molecule has 0 bridgehead atoms. The molecule has 0 N–H and O–H groups in total. The van der Waals surface area contributed by atoms with Crippen LogP contribution in [0.1, 0.15) is 6.92 Å². The summed E-state index contributed by atoms with van der Waals surface area (Å²) in [7, 11) is 0. The van der Waals surface area contributed by atoms with Gasteiger partial charge in [-0.15, -0.1) is 0 Å². The smallest absolute Gasteiger partial charge is 0.430 e. The zero-order valence-corrected chi connectivity index (χ0v) is 7.74. The number of rotatable bonds is 3. The molecule has 0 saturated carbocycles. The Bertz CT molecular complexity index is 304. The molecule has 0 aromatic rings. The van der Waals surface area contributed by atoms with Gasteiger partial charge in [-0.2, -0.15) is 0 Å². The van der Waals surface area contributed by atoms with E-state index in [9.17, 15) is 9.59 Å². The monoisotopic (exact) mass is 198 g/mol. The van der Waals surface area contributed by atoms with Crippen molar-refractivity contribution in [3.8, 4) is 0 Å². The Morgan fingerprint density at radius 2 is 2.21 bits per heavy atom. The Morgan fingerprint density at radius 3 is 2.64 bits per heavy atom. The van der Waals surface area contributed by atoms with E-state index in [2.05, 4.69) is 22.6 Å². The van der Waals surface area contributed by atoms with E-state index in [-0.39, 0.29) is 17.9 Å². The highest BCUT2D eigenvalue weighted by molar-refractivity contribution is 5.87. The minimum absolute atomic E-state index is 0.0150. The molecule has 5 heteroatoms. The molecule has 1 atom stereocenters. The second-order valence-electron chi connectivity index (χ2n) is 2.80. The van der Waals surface area contributed by atoms with E-state index in [0.29, 0.717) is 0 Å². The van der Waals surface area contributed by atoms with Gasteiger partial charge >= 0.3 is 12.1 Å². The molecule has 1 rings (SSSR count). The molecule has 1 aliphatic heterocycles. The van der Waals surface area contributed by atoms with Crippen LogP contribution in [0.4, 0.5) is 4.79 Å². The van der Waals surface area contributed by atoms with Crippen molar-refractivity contribution >= 4 is 12.1 Å². The number of esters is 1. The molecule has 0 aromatic heterocycles. The summed E-state index contributed by atoms with van der Waals surface area (Å²) >= 11 is 0. The molecule has 0 spiro atoms. The van der Waals surface area contributed by atoms with Gasteiger partial charge in [0.25, 0.3) is 0 Å². The molecule has 0 aliphatic carbocycles. The van der Waals surface area contributed by atoms with Gasteiger partial charge < -0.3 is 14.2 Å². The van der Waals surface area contributed by atoms with Gasteiger partial charge in [0, 0.05) is 5.57 Å². The van der Waals surface area contributed by atoms with Crippen LogP contribution in [-0.4, -0.2) is 24.8 Å². The fraction of sp³-hybridized carbons (Fsp3) is 0.333. The zero-order chi connectivity index (χ0) is 10.7. The molecule has 1 heterocycles. The molecular formula is C9H10O5. The van der Waals surface area contributed by atoms with Gasteiger partial charge in [0.15, 0.2) is 6.10 Å². The first-order chi connectivity index (χ1) is 6.50. The summed E-state index contributed by atoms with van der Waals surface area (Å²) in [6.45, 7) is 8.37. The van der Waals surface area contributed by atoms with Gasteiger partial charge in [-0.05, 0) is 6.92 Å². The first-order valence-electron chi connectivity index (χ1n) is 3.90. The molecule has 76 valence electrons. The van der Waals surface area contributed by atoms with E-state index in [1.807, 2.05) is 0 Å². The second-order valence-corrected chi connectivity index (χ2v) is 2.80. The summed E-state index contributed by atoms with van der Waals surface area (Å²) in [5.41, 5.74) is 0.247. The van der Waals surface area contributed by atoms with Crippen molar-refractivity contribution in [3.63, 3.8) is 0 Å². The average Bonchev–Trinajstić information content (AvgIpc) is 2.51. The largest absolute Gasteiger partial charge is 0.509 e. The number of ether oxygens (including phenoxy) is 3. The summed E-state index contributed by atoms with van der Waals surface area (Å²) < 4.78 is 13.9. The Morgan fingerprint density at radius 1 is 1.57 bits per heavy atom. The summed E-state index contributed by atoms with van der Waals surface area (Å²) in [4.78, 5) is 21.6. The van der Waals surface area contributed by atoms with Crippen molar-refractivity contribution in [2.45, 2.75) is 13.0 Å². The van der Waals surface area contributed by atoms with Gasteiger partial charge in [0.2, 0.25) is 0 Å². The van der Waals surface area contributed by atoms with Crippen molar-refractivity contribution in [2.24, 2.45) is 0 Å². The normalized spacial score (nSPS) is 19.5. The van der Waals surface area contributed by atoms with Crippen LogP contribution in [0.15, 0.2) is 24.5 Å². The Hall–Kier alpha value is -1.78. The van der Waals surface area contributed by atoms with Crippen LogP contribution < -0.4 is 0 Å². The minimum atomic E-state index is -0.789. The van der Waals surface area contributed by atoms with Crippen LogP contribution in [0, 0.1) is 0 Å². The van der Waals surface area contributed by atoms with E-state index in [4.69, 9.17) is 4.74 Å². The molecule has 0 radical (unpaired) electrons. The lowest BCUT2D eigenvalue weighted by Crippen LogP contribution is -2.18. The summed E-state index contributed by atoms with van der Waals surface area (Å²) in [5.74, 6) is -0.554. The molecule has 5 nitrogen and oxygen atoms in total. The molecule has 14 heavy (non-hydrogen) atoms. The second kappa shape index (κ2) is 3.95. The lowest BCUT2D eigenvalue weighted by atomic mass is 10.3. The standard InChI is InChI=1S/C9H10O5/c1-5(2)8(10)13-6(3)7-4-12-9(11)14-7/h7H,1,3-4H2,2H3. The maximum absolute atomic E-state index is 11.0. The molecular weight excluding hydrogens is 188 g/mol. The quantitative estimate of drug-likeness (QED) is 0.386. The first-order valence-corrected chi connectivity index (χ1v) is 3.90. The Balaban J connectivity index is 2.47. The van der Waals surface area contributed by atoms with Crippen LogP contribution >= 0.6 is 0 Å². The predicted molar refractivity (Wildman–Crippen MR) is 46.3 cm³/mol. The van der Waals surface area contributed by atoms with Crippen molar-refractivity contribution in [2.75, 3.05) is 6.61 Å². The van der Waals surface area contributed by atoms with Gasteiger partial charge in [0.1, 0.15) is 12.4 Å². The summed E-state index contributed by atoms with van der Waals surface area (Å²) in [6, 6.07) is 0. The van der Waals surface area contributed by atoms with E-state index in [0.717, 1.165) is 0 Å². The fourth-order valence-electron chi connectivity index (χ4n) is 0.758. The topological polar surface area (TPSA) is 61.8 Å². The van der Waals surface area contributed by atoms with Crippen LogP contribution in [0.2, 0.25) is 0 Å². The average molecular weight is 198 g/mol. The lowest BCUT2D eigenvalue weighted by Gasteiger charge is -2.09. The zero-order valence-electron chi connectivity index (χ0n) is 7.74. The van der Waals surface area contributed by atoms with Gasteiger partial charge in [-0.25, -0.2) is 9.59 Å². The van der Waals surface area contributed by atoms with Crippen molar-refractivity contribution in [3.05, 3.63) is 24.5 Å². The van der Waals surface area contributed by atoms with E-state index < -0.39 is 18.2 Å². The number of hydrogen-bond acceptors (Lipinski definition) is 5. The molecule has 1 unspecified atom stereocenters. The molecule has 1 saturated heterocycles. The van der Waals surface area contributed by atoms with E-state index in [1.54, 1.807) is 0 Å². The van der Waals surface area contributed by atoms with Crippen LogP contribution in [0.3, 0.4) is 0 Å². The third-order valence-electron chi connectivity index (χ3n) is 1.52. The number of carbonyl (C=O) groups excluding carboxylic acids is 2. The maximum atomic E-state index is 11.0. The third-order valence-corrected chi connectivity index (χ3v) is 1.52. The molecule has 0 amide bonds. The highest BCUT2D eigenvalue weighted by Crippen LogP contribution is 2.15. The van der Waals surface area contributed by atoms with Crippen molar-refractivity contribution in [1.82, 2.24) is 0 Å². The van der Waals surface area contributed by atoms with Crippen LogP contribution in [-0.2, 0) is 19.0 Å². The predicted octanol–water partition coefficient (Wildman–Crippen LogP) is 1.15. The SMILES string of the molecule is C=C(C)C(=O)OC(=C)C1COC(=O)O1. The summed E-state index contributed by atoms with van der Waals surface area (Å²) in [5, 5.41) is 0. The number of hydrogen-bond donors (Lipinski definition) is 0. The number of cyclic esters (lactones) is 2. The Kier molecular flexibility index (Phi) is 2.91. The molecule has 1 fully saturated rings.